The lowest BCUT2D eigenvalue weighted by molar-refractivity contribution is 0.548. The molecule has 0 amide bonds. The highest BCUT2D eigenvalue weighted by molar-refractivity contribution is 5.60. The predicted molar refractivity (Wildman–Crippen MR) is 71.4 cm³/mol. The van der Waals surface area contributed by atoms with E-state index in [9.17, 15) is 0 Å². The Morgan fingerprint density at radius 1 is 1.00 bits per heavy atom. The first-order valence-electron chi connectivity index (χ1n) is 5.90. The minimum atomic E-state index is 0.462. The summed E-state index contributed by atoms with van der Waals surface area (Å²) in [4.78, 5) is 0. The van der Waals surface area contributed by atoms with Crippen LogP contribution in [0.2, 0.25) is 0 Å². The van der Waals surface area contributed by atoms with Gasteiger partial charge >= 0.3 is 0 Å². The van der Waals surface area contributed by atoms with E-state index in [-0.39, 0.29) is 0 Å². The molecule has 0 aliphatic carbocycles. The molecule has 0 unspecified atom stereocenters. The van der Waals surface area contributed by atoms with Crippen LogP contribution in [-0.2, 0) is 6.54 Å². The maximum atomic E-state index is 5.92. The summed E-state index contributed by atoms with van der Waals surface area (Å²) in [5.74, 6) is 1.64. The van der Waals surface area contributed by atoms with E-state index in [1.807, 2.05) is 65.5 Å². The molecule has 0 aliphatic rings. The topological polar surface area (TPSA) is 44.1 Å². The number of nitrogens with zero attached hydrogens (tertiary/aromatic N) is 1. The van der Waals surface area contributed by atoms with Crippen LogP contribution in [0.1, 0.15) is 5.56 Å². The third-order valence-corrected chi connectivity index (χ3v) is 2.90. The van der Waals surface area contributed by atoms with Crippen molar-refractivity contribution in [3.8, 4) is 17.2 Å². The lowest BCUT2D eigenvalue weighted by Crippen LogP contribution is -1.99. The molecule has 0 fully saturated rings. The SMILES string of the molecule is NCc1cc(-c2ccccc2)oc1-n1cccc1. The molecular weight excluding hydrogens is 224 g/mol. The van der Waals surface area contributed by atoms with Gasteiger partial charge in [0.2, 0.25) is 5.88 Å². The molecule has 18 heavy (non-hydrogen) atoms. The minimum absolute atomic E-state index is 0.462. The molecule has 0 bridgehead atoms. The molecule has 0 spiro atoms. The average molecular weight is 238 g/mol. The maximum absolute atomic E-state index is 5.92. The highest BCUT2D eigenvalue weighted by Crippen LogP contribution is 2.27. The van der Waals surface area contributed by atoms with Crippen LogP contribution in [0.15, 0.2) is 65.3 Å². The van der Waals surface area contributed by atoms with E-state index in [4.69, 9.17) is 10.2 Å². The fourth-order valence-electron chi connectivity index (χ4n) is 2.00. The van der Waals surface area contributed by atoms with Crippen LogP contribution in [0.4, 0.5) is 0 Å². The summed E-state index contributed by atoms with van der Waals surface area (Å²) in [6.45, 7) is 0.462. The number of rotatable bonds is 3. The summed E-state index contributed by atoms with van der Waals surface area (Å²) in [7, 11) is 0. The third-order valence-electron chi connectivity index (χ3n) is 2.90. The van der Waals surface area contributed by atoms with E-state index >= 15 is 0 Å². The first kappa shape index (κ1) is 10.9. The van der Waals surface area contributed by atoms with E-state index in [1.54, 1.807) is 0 Å². The van der Waals surface area contributed by atoms with Gasteiger partial charge in [-0.2, -0.15) is 0 Å². The zero-order chi connectivity index (χ0) is 12.4. The van der Waals surface area contributed by atoms with Crippen LogP contribution >= 0.6 is 0 Å². The predicted octanol–water partition coefficient (Wildman–Crippen LogP) is 3.20. The van der Waals surface area contributed by atoms with E-state index < -0.39 is 0 Å². The molecule has 3 heteroatoms. The number of benzene rings is 1. The van der Waals surface area contributed by atoms with Gasteiger partial charge in [-0.1, -0.05) is 30.3 Å². The average Bonchev–Trinajstić information content (AvgIpc) is 3.08. The lowest BCUT2D eigenvalue weighted by atomic mass is 10.1. The van der Waals surface area contributed by atoms with Crippen LogP contribution in [-0.4, -0.2) is 4.57 Å². The normalized spacial score (nSPS) is 10.7. The highest BCUT2D eigenvalue weighted by atomic mass is 16.4. The number of nitrogens with two attached hydrogens (primary N) is 1. The maximum Gasteiger partial charge on any atom is 0.208 e. The largest absolute Gasteiger partial charge is 0.440 e. The van der Waals surface area contributed by atoms with Gasteiger partial charge < -0.3 is 10.2 Å². The van der Waals surface area contributed by atoms with Gasteiger partial charge in [-0.3, -0.25) is 4.57 Å². The lowest BCUT2D eigenvalue weighted by Gasteiger charge is -2.00. The van der Waals surface area contributed by atoms with Crippen molar-refractivity contribution in [1.82, 2.24) is 4.57 Å². The van der Waals surface area contributed by atoms with Crippen LogP contribution in [0.3, 0.4) is 0 Å². The number of hydrogen-bond donors (Lipinski definition) is 1. The molecule has 0 aliphatic heterocycles. The van der Waals surface area contributed by atoms with Crippen molar-refractivity contribution < 1.29 is 4.42 Å². The first-order chi connectivity index (χ1) is 8.88. The molecule has 0 radical (unpaired) electrons. The van der Waals surface area contributed by atoms with Gasteiger partial charge in [0, 0.05) is 30.1 Å². The fraction of sp³-hybridized carbons (Fsp3) is 0.0667. The van der Waals surface area contributed by atoms with Crippen molar-refractivity contribution >= 4 is 0 Å². The Hall–Kier alpha value is -2.26. The van der Waals surface area contributed by atoms with Crippen molar-refractivity contribution in [2.75, 3.05) is 0 Å². The Morgan fingerprint density at radius 3 is 2.39 bits per heavy atom. The molecule has 3 aromatic rings. The Balaban J connectivity index is 2.09. The molecule has 0 saturated carbocycles. The van der Waals surface area contributed by atoms with Crippen LogP contribution in [0, 0.1) is 0 Å². The Morgan fingerprint density at radius 2 is 1.72 bits per heavy atom. The van der Waals surface area contributed by atoms with Gasteiger partial charge in [0.05, 0.1) is 0 Å². The smallest absolute Gasteiger partial charge is 0.208 e. The first-order valence-corrected chi connectivity index (χ1v) is 5.90. The Labute approximate surface area is 105 Å². The second-order valence-electron chi connectivity index (χ2n) is 4.10. The molecule has 2 aromatic heterocycles. The molecule has 2 N–H and O–H groups in total. The number of aromatic nitrogens is 1. The van der Waals surface area contributed by atoms with Gasteiger partial charge in [-0.05, 0) is 18.2 Å². The summed E-state index contributed by atoms with van der Waals surface area (Å²) in [5, 5.41) is 0. The third kappa shape index (κ3) is 1.85. The quantitative estimate of drug-likeness (QED) is 0.761. The van der Waals surface area contributed by atoms with Gasteiger partial charge in [0.25, 0.3) is 0 Å². The molecular formula is C15H14N2O. The van der Waals surface area contributed by atoms with E-state index in [1.165, 1.54) is 0 Å². The van der Waals surface area contributed by atoms with Gasteiger partial charge in [-0.15, -0.1) is 0 Å². The van der Waals surface area contributed by atoms with Crippen molar-refractivity contribution in [3.05, 3.63) is 66.5 Å². The summed E-state index contributed by atoms with van der Waals surface area (Å²) in [6.07, 6.45) is 3.90. The molecule has 3 nitrogen and oxygen atoms in total. The number of hydrogen-bond acceptors (Lipinski definition) is 2. The number of furan rings is 1. The van der Waals surface area contributed by atoms with Crippen molar-refractivity contribution in [2.24, 2.45) is 5.73 Å². The summed E-state index contributed by atoms with van der Waals surface area (Å²) in [5.41, 5.74) is 7.84. The molecule has 0 saturated heterocycles. The van der Waals surface area contributed by atoms with E-state index in [0.717, 1.165) is 22.8 Å². The standard InChI is InChI=1S/C15H14N2O/c16-11-13-10-14(12-6-2-1-3-7-12)18-15(13)17-8-4-5-9-17/h1-10H,11,16H2. The van der Waals surface area contributed by atoms with Gasteiger partial charge in [-0.25, -0.2) is 0 Å². The fourth-order valence-corrected chi connectivity index (χ4v) is 2.00. The van der Waals surface area contributed by atoms with Crippen molar-refractivity contribution in [1.29, 1.82) is 0 Å². The zero-order valence-electron chi connectivity index (χ0n) is 9.91. The van der Waals surface area contributed by atoms with Crippen LogP contribution < -0.4 is 5.73 Å². The van der Waals surface area contributed by atoms with E-state index in [0.29, 0.717) is 6.54 Å². The zero-order valence-corrected chi connectivity index (χ0v) is 9.91. The Bertz CT molecular complexity index is 624. The monoisotopic (exact) mass is 238 g/mol. The molecule has 3 rings (SSSR count). The minimum Gasteiger partial charge on any atom is -0.440 e. The summed E-state index contributed by atoms with van der Waals surface area (Å²) in [6, 6.07) is 16.0. The second kappa shape index (κ2) is 4.55. The van der Waals surface area contributed by atoms with Gasteiger partial charge in [0.1, 0.15) is 5.76 Å². The van der Waals surface area contributed by atoms with Crippen molar-refractivity contribution in [2.45, 2.75) is 6.54 Å². The highest BCUT2D eigenvalue weighted by Gasteiger charge is 2.12. The molecule has 0 atom stereocenters. The molecule has 90 valence electrons. The van der Waals surface area contributed by atoms with E-state index in [2.05, 4.69) is 0 Å². The molecule has 2 heterocycles. The summed E-state index contributed by atoms with van der Waals surface area (Å²) >= 11 is 0. The molecule has 1 aromatic carbocycles. The van der Waals surface area contributed by atoms with Crippen LogP contribution in [0.25, 0.3) is 17.2 Å². The summed E-state index contributed by atoms with van der Waals surface area (Å²) < 4.78 is 7.86. The van der Waals surface area contributed by atoms with Crippen molar-refractivity contribution in [3.63, 3.8) is 0 Å². The van der Waals surface area contributed by atoms with Gasteiger partial charge in [0.15, 0.2) is 0 Å². The second-order valence-corrected chi connectivity index (χ2v) is 4.10. The Kier molecular flexibility index (Phi) is 2.74. The van der Waals surface area contributed by atoms with Crippen LogP contribution in [0.5, 0.6) is 0 Å².